The van der Waals surface area contributed by atoms with Crippen LogP contribution in [0.4, 0.5) is 23.2 Å². The van der Waals surface area contributed by atoms with Gasteiger partial charge < -0.3 is 5.73 Å². The van der Waals surface area contributed by atoms with Crippen molar-refractivity contribution in [2.75, 3.05) is 5.73 Å². The van der Waals surface area contributed by atoms with Crippen LogP contribution in [0.25, 0.3) is 5.69 Å². The van der Waals surface area contributed by atoms with Crippen molar-refractivity contribution in [3.63, 3.8) is 0 Å². The van der Waals surface area contributed by atoms with Gasteiger partial charge in [0.1, 0.15) is 5.82 Å². The smallest absolute Gasteiger partial charge is 0.396 e. The Morgan fingerprint density at radius 2 is 1.94 bits per heavy atom. The van der Waals surface area contributed by atoms with Crippen LogP contribution in [0.3, 0.4) is 0 Å². The second kappa shape index (κ2) is 4.27. The molecule has 0 aliphatic rings. The molecule has 0 saturated heterocycles. The summed E-state index contributed by atoms with van der Waals surface area (Å²) in [6, 6.07) is 3.27. The zero-order chi connectivity index (χ0) is 13.5. The maximum atomic E-state index is 12.9. The third-order valence-electron chi connectivity index (χ3n) is 2.20. The maximum Gasteiger partial charge on any atom is 0.435 e. The van der Waals surface area contributed by atoms with Gasteiger partial charge in [-0.15, -0.1) is 0 Å². The van der Waals surface area contributed by atoms with Gasteiger partial charge in [-0.25, -0.2) is 9.07 Å². The lowest BCUT2D eigenvalue weighted by Crippen LogP contribution is -2.15. The monoisotopic (exact) mass is 323 g/mol. The van der Waals surface area contributed by atoms with Crippen LogP contribution in [0.15, 0.2) is 28.9 Å². The van der Waals surface area contributed by atoms with Gasteiger partial charge in [-0.1, -0.05) is 0 Å². The van der Waals surface area contributed by atoms with Gasteiger partial charge in [-0.3, -0.25) is 0 Å². The highest BCUT2D eigenvalue weighted by molar-refractivity contribution is 9.10. The van der Waals surface area contributed by atoms with E-state index >= 15 is 0 Å². The fourth-order valence-corrected chi connectivity index (χ4v) is 2.00. The van der Waals surface area contributed by atoms with Gasteiger partial charge in [0, 0.05) is 4.47 Å². The van der Waals surface area contributed by atoms with E-state index in [2.05, 4.69) is 21.0 Å². The molecule has 2 rings (SSSR count). The average molecular weight is 324 g/mol. The number of anilines is 1. The Hall–Kier alpha value is -1.57. The highest BCUT2D eigenvalue weighted by Crippen LogP contribution is 2.36. The molecule has 0 amide bonds. The summed E-state index contributed by atoms with van der Waals surface area (Å²) in [5.74, 6) is -0.570. The lowest BCUT2D eigenvalue weighted by Gasteiger charge is -2.12. The van der Waals surface area contributed by atoms with Crippen molar-refractivity contribution in [2.24, 2.45) is 0 Å². The summed E-state index contributed by atoms with van der Waals surface area (Å²) < 4.78 is 52.1. The lowest BCUT2D eigenvalue weighted by molar-refractivity contribution is -0.142. The molecule has 0 radical (unpaired) electrons. The maximum absolute atomic E-state index is 12.9. The van der Waals surface area contributed by atoms with E-state index in [1.807, 2.05) is 0 Å². The van der Waals surface area contributed by atoms with Crippen LogP contribution in [0.1, 0.15) is 5.69 Å². The standard InChI is InChI=1S/C10H6BrF4N3/c11-6-3-5(12)1-2-8(6)18-9(10(13,14)15)7(16)4-17-18/h1-4H,16H2. The quantitative estimate of drug-likeness (QED) is 0.818. The SMILES string of the molecule is Nc1cnn(-c2ccc(F)cc2Br)c1C(F)(F)F. The molecule has 0 aliphatic heterocycles. The Labute approximate surface area is 107 Å². The Kier molecular flexibility index (Phi) is 3.05. The van der Waals surface area contributed by atoms with Crippen LogP contribution in [0, 0.1) is 5.82 Å². The van der Waals surface area contributed by atoms with Crippen molar-refractivity contribution in [1.29, 1.82) is 0 Å². The molecule has 0 spiro atoms. The number of nitrogens with two attached hydrogens (primary N) is 1. The number of hydrogen-bond donors (Lipinski definition) is 1. The third kappa shape index (κ3) is 2.20. The fraction of sp³-hybridized carbons (Fsp3) is 0.100. The van der Waals surface area contributed by atoms with Crippen molar-refractivity contribution in [3.05, 3.63) is 40.4 Å². The van der Waals surface area contributed by atoms with Crippen LogP contribution < -0.4 is 5.73 Å². The van der Waals surface area contributed by atoms with E-state index in [1.54, 1.807) is 0 Å². The van der Waals surface area contributed by atoms with Crippen molar-refractivity contribution in [1.82, 2.24) is 9.78 Å². The minimum Gasteiger partial charge on any atom is -0.396 e. The minimum atomic E-state index is -4.64. The summed E-state index contributed by atoms with van der Waals surface area (Å²) in [6.07, 6.45) is -3.74. The van der Waals surface area contributed by atoms with E-state index in [0.717, 1.165) is 18.3 Å². The molecule has 1 heterocycles. The molecule has 0 atom stereocenters. The Balaban J connectivity index is 2.65. The molecule has 0 fully saturated rings. The summed E-state index contributed by atoms with van der Waals surface area (Å²) in [6.45, 7) is 0. The van der Waals surface area contributed by atoms with E-state index < -0.39 is 23.4 Å². The van der Waals surface area contributed by atoms with Crippen LogP contribution in [0.2, 0.25) is 0 Å². The molecule has 0 aliphatic carbocycles. The molecule has 0 bridgehead atoms. The van der Waals surface area contributed by atoms with Crippen LogP contribution in [-0.2, 0) is 6.18 Å². The van der Waals surface area contributed by atoms with Gasteiger partial charge in [0.25, 0.3) is 0 Å². The largest absolute Gasteiger partial charge is 0.435 e. The zero-order valence-electron chi connectivity index (χ0n) is 8.67. The highest BCUT2D eigenvalue weighted by atomic mass is 79.9. The first kappa shape index (κ1) is 12.9. The van der Waals surface area contributed by atoms with Crippen LogP contribution in [0.5, 0.6) is 0 Å². The Morgan fingerprint density at radius 1 is 1.28 bits per heavy atom. The molecule has 96 valence electrons. The second-order valence-electron chi connectivity index (χ2n) is 3.45. The van der Waals surface area contributed by atoms with E-state index in [-0.39, 0.29) is 10.2 Å². The number of nitrogen functional groups attached to an aromatic ring is 1. The van der Waals surface area contributed by atoms with Gasteiger partial charge in [-0.05, 0) is 34.1 Å². The van der Waals surface area contributed by atoms with Gasteiger partial charge in [0.05, 0.1) is 17.6 Å². The third-order valence-corrected chi connectivity index (χ3v) is 2.84. The molecule has 18 heavy (non-hydrogen) atoms. The summed E-state index contributed by atoms with van der Waals surface area (Å²) in [7, 11) is 0. The first-order chi connectivity index (χ1) is 8.30. The Bertz CT molecular complexity index is 591. The van der Waals surface area contributed by atoms with Crippen molar-refractivity contribution < 1.29 is 17.6 Å². The molecule has 2 aromatic rings. The van der Waals surface area contributed by atoms with E-state index in [4.69, 9.17) is 5.73 Å². The van der Waals surface area contributed by atoms with Gasteiger partial charge in [0.2, 0.25) is 0 Å². The van der Waals surface area contributed by atoms with Crippen molar-refractivity contribution in [2.45, 2.75) is 6.18 Å². The van der Waals surface area contributed by atoms with Gasteiger partial charge >= 0.3 is 6.18 Å². The van der Waals surface area contributed by atoms with E-state index in [1.165, 1.54) is 6.07 Å². The topological polar surface area (TPSA) is 43.8 Å². The molecule has 1 aromatic carbocycles. The molecular weight excluding hydrogens is 318 g/mol. The molecule has 0 unspecified atom stereocenters. The first-order valence-electron chi connectivity index (χ1n) is 4.67. The molecule has 8 heteroatoms. The van der Waals surface area contributed by atoms with Gasteiger partial charge in [0.15, 0.2) is 5.69 Å². The number of alkyl halides is 3. The summed E-state index contributed by atoms with van der Waals surface area (Å²) in [4.78, 5) is 0. The number of halogens is 5. The molecule has 0 saturated carbocycles. The van der Waals surface area contributed by atoms with Crippen molar-refractivity contribution in [3.8, 4) is 5.69 Å². The molecule has 2 N–H and O–H groups in total. The lowest BCUT2D eigenvalue weighted by atomic mass is 10.3. The van der Waals surface area contributed by atoms with Crippen molar-refractivity contribution >= 4 is 21.6 Å². The summed E-state index contributed by atoms with van der Waals surface area (Å²) in [5.41, 5.74) is 3.73. The fourth-order valence-electron chi connectivity index (χ4n) is 1.48. The minimum absolute atomic E-state index is 0.0559. The zero-order valence-corrected chi connectivity index (χ0v) is 10.3. The molecule has 1 aromatic heterocycles. The number of hydrogen-bond acceptors (Lipinski definition) is 2. The highest BCUT2D eigenvalue weighted by Gasteiger charge is 2.38. The number of nitrogens with zero attached hydrogens (tertiary/aromatic N) is 2. The second-order valence-corrected chi connectivity index (χ2v) is 4.31. The van der Waals surface area contributed by atoms with E-state index in [0.29, 0.717) is 4.68 Å². The predicted molar refractivity (Wildman–Crippen MR) is 60.6 cm³/mol. The van der Waals surface area contributed by atoms with E-state index in [9.17, 15) is 17.6 Å². The average Bonchev–Trinajstić information content (AvgIpc) is 2.59. The predicted octanol–water partition coefficient (Wildman–Crippen LogP) is 3.37. The summed E-state index contributed by atoms with van der Waals surface area (Å²) >= 11 is 2.98. The molecule has 3 nitrogen and oxygen atoms in total. The first-order valence-corrected chi connectivity index (χ1v) is 5.46. The Morgan fingerprint density at radius 3 is 2.50 bits per heavy atom. The van der Waals surface area contributed by atoms with Crippen LogP contribution >= 0.6 is 15.9 Å². The number of rotatable bonds is 1. The summed E-state index contributed by atoms with van der Waals surface area (Å²) in [5, 5.41) is 3.56. The normalized spacial score (nSPS) is 11.8. The van der Waals surface area contributed by atoms with Gasteiger partial charge in [-0.2, -0.15) is 18.3 Å². The molecular formula is C10H6BrF4N3. The van der Waals surface area contributed by atoms with Crippen LogP contribution in [-0.4, -0.2) is 9.78 Å². The number of aromatic nitrogens is 2. The number of benzene rings is 1.